The monoisotopic (exact) mass is 600 g/mol. The third-order valence-electron chi connectivity index (χ3n) is 7.09. The number of aryl methyl sites for hydroxylation is 1. The first-order chi connectivity index (χ1) is 19.2. The Labute approximate surface area is 242 Å². The topological polar surface area (TPSA) is 80.8 Å². The first kappa shape index (κ1) is 32.7. The summed E-state index contributed by atoms with van der Waals surface area (Å²) in [5, 5.41) is 3.00. The molecule has 8 nitrogen and oxygen atoms in total. The molecule has 0 aliphatic carbocycles. The highest BCUT2D eigenvalue weighted by molar-refractivity contribution is 7.80. The third-order valence-corrected chi connectivity index (χ3v) is 8.31. The maximum atomic E-state index is 13.7. The first-order valence-electron chi connectivity index (χ1n) is 13.7. The Morgan fingerprint density at radius 1 is 1.24 bits per heavy atom. The molecule has 0 bridgehead atoms. The van der Waals surface area contributed by atoms with Crippen molar-refractivity contribution in [3.63, 3.8) is 0 Å². The molecule has 1 aromatic rings. The molecule has 3 atom stereocenters. The van der Waals surface area contributed by atoms with Crippen LogP contribution in [0.2, 0.25) is 0 Å². The van der Waals surface area contributed by atoms with Crippen molar-refractivity contribution in [2.24, 2.45) is 5.92 Å². The van der Waals surface area contributed by atoms with Gasteiger partial charge in [0.1, 0.15) is 12.0 Å². The Hall–Kier alpha value is -2.77. The number of likely N-dealkylation sites (N-methyl/N-ethyl adjacent to an activating group) is 1. The lowest BCUT2D eigenvalue weighted by Crippen LogP contribution is -2.53. The second-order valence-corrected chi connectivity index (χ2v) is 11.8. The van der Waals surface area contributed by atoms with E-state index in [0.29, 0.717) is 31.9 Å². The van der Waals surface area contributed by atoms with E-state index in [-0.39, 0.29) is 30.4 Å². The SMILES string of the molecule is CCN(CCNS(=O)N1CC(F)C1)/C1=C/C/C([C@@H](C)Nc2ccc(C)nc2C(F)(F)F)=C\C(C)=C/C(C)C(=O)N1C. The number of nitrogens with one attached hydrogen (secondary N) is 2. The van der Waals surface area contributed by atoms with Crippen LogP contribution in [-0.4, -0.2) is 81.2 Å². The van der Waals surface area contributed by atoms with Gasteiger partial charge in [-0.1, -0.05) is 24.6 Å². The first-order valence-corrected chi connectivity index (χ1v) is 14.8. The Morgan fingerprint density at radius 2 is 1.93 bits per heavy atom. The van der Waals surface area contributed by atoms with Gasteiger partial charge in [0, 0.05) is 51.5 Å². The van der Waals surface area contributed by atoms with Gasteiger partial charge >= 0.3 is 6.18 Å². The molecule has 2 unspecified atom stereocenters. The van der Waals surface area contributed by atoms with E-state index < -0.39 is 41.2 Å². The smallest absolute Gasteiger partial charge is 0.377 e. The van der Waals surface area contributed by atoms with Crippen molar-refractivity contribution < 1.29 is 26.6 Å². The summed E-state index contributed by atoms with van der Waals surface area (Å²) in [5.41, 5.74) is 0.869. The molecule has 0 saturated carbocycles. The van der Waals surface area contributed by atoms with Crippen LogP contribution in [0.5, 0.6) is 0 Å². The van der Waals surface area contributed by atoms with Crippen molar-refractivity contribution in [3.8, 4) is 0 Å². The van der Waals surface area contributed by atoms with Crippen LogP contribution in [0.3, 0.4) is 0 Å². The molecule has 0 radical (unpaired) electrons. The van der Waals surface area contributed by atoms with E-state index in [4.69, 9.17) is 0 Å². The number of hydrogen-bond donors (Lipinski definition) is 2. The summed E-state index contributed by atoms with van der Waals surface area (Å²) in [6, 6.07) is 2.45. The van der Waals surface area contributed by atoms with Gasteiger partial charge in [-0.15, -0.1) is 0 Å². The number of carbonyl (C=O) groups excluding carboxylic acids is 1. The van der Waals surface area contributed by atoms with Crippen LogP contribution >= 0.6 is 0 Å². The van der Waals surface area contributed by atoms with Gasteiger partial charge in [0.25, 0.3) is 0 Å². The zero-order chi connectivity index (χ0) is 30.5. The quantitative estimate of drug-likeness (QED) is 0.385. The highest BCUT2D eigenvalue weighted by Crippen LogP contribution is 2.34. The average molecular weight is 601 g/mol. The van der Waals surface area contributed by atoms with Crippen molar-refractivity contribution in [3.05, 3.63) is 58.7 Å². The lowest BCUT2D eigenvalue weighted by molar-refractivity contribution is -0.140. The van der Waals surface area contributed by atoms with Crippen LogP contribution in [0.15, 0.2) is 47.3 Å². The average Bonchev–Trinajstić information content (AvgIpc) is 2.88. The van der Waals surface area contributed by atoms with Gasteiger partial charge in [0.05, 0.1) is 11.6 Å². The van der Waals surface area contributed by atoms with Gasteiger partial charge < -0.3 is 15.1 Å². The number of halogens is 4. The van der Waals surface area contributed by atoms with Crippen LogP contribution in [0.1, 0.15) is 45.5 Å². The number of alkyl halides is 4. The number of rotatable bonds is 10. The molecule has 2 aliphatic heterocycles. The van der Waals surface area contributed by atoms with E-state index in [1.54, 1.807) is 25.8 Å². The van der Waals surface area contributed by atoms with Crippen molar-refractivity contribution in [1.29, 1.82) is 0 Å². The molecule has 0 spiro atoms. The van der Waals surface area contributed by atoms with Crippen molar-refractivity contribution in [2.75, 3.05) is 45.1 Å². The maximum absolute atomic E-state index is 13.7. The molecule has 1 amide bonds. The molecule has 41 heavy (non-hydrogen) atoms. The van der Waals surface area contributed by atoms with Crippen LogP contribution in [0.25, 0.3) is 0 Å². The molecule has 13 heteroatoms. The van der Waals surface area contributed by atoms with Gasteiger partial charge in [0.2, 0.25) is 5.91 Å². The van der Waals surface area contributed by atoms with Crippen molar-refractivity contribution >= 4 is 22.8 Å². The van der Waals surface area contributed by atoms with Gasteiger partial charge in [-0.2, -0.15) is 13.2 Å². The summed E-state index contributed by atoms with van der Waals surface area (Å²) < 4.78 is 71.0. The number of allylic oxidation sites excluding steroid dienone is 3. The summed E-state index contributed by atoms with van der Waals surface area (Å²) in [6.07, 6.45) is 0.444. The van der Waals surface area contributed by atoms with Crippen LogP contribution < -0.4 is 10.0 Å². The Morgan fingerprint density at radius 3 is 2.54 bits per heavy atom. The van der Waals surface area contributed by atoms with Crippen LogP contribution in [0, 0.1) is 12.8 Å². The minimum atomic E-state index is -4.61. The van der Waals surface area contributed by atoms with E-state index in [2.05, 4.69) is 15.0 Å². The van der Waals surface area contributed by atoms with E-state index in [1.165, 1.54) is 23.4 Å². The lowest BCUT2D eigenvalue weighted by atomic mass is 9.98. The summed E-state index contributed by atoms with van der Waals surface area (Å²) in [5.74, 6) is 0.0947. The molecule has 3 rings (SSSR count). The normalized spacial score (nSPS) is 24.7. The number of anilines is 1. The number of carbonyl (C=O) groups is 1. The largest absolute Gasteiger partial charge is 0.435 e. The molecule has 1 aromatic heterocycles. The Bertz CT molecular complexity index is 1210. The summed E-state index contributed by atoms with van der Waals surface area (Å²) >= 11 is -1.49. The minimum Gasteiger partial charge on any atom is -0.377 e. The number of pyridine rings is 1. The Balaban J connectivity index is 1.86. The standard InChI is InChI=1S/C28H40F4N6O2S/c1-7-37(13-12-33-41(40)38-16-23(29)17-38)25-11-9-22(15-18(2)14-19(3)27(39)36(25)6)21(5)35-24-10-8-20(4)34-26(24)28(30,31)32/h8,10-11,14-15,19,21,23,33,35H,7,9,12-13,16-17H2,1-6H3/b18-14-,22-15+,25-11+/t19?,21-,41?/m1/s1. The number of hydrogen-bond acceptors (Lipinski definition) is 5. The second-order valence-electron chi connectivity index (χ2n) is 10.5. The molecule has 228 valence electrons. The zero-order valence-corrected chi connectivity index (χ0v) is 25.2. The molecular weight excluding hydrogens is 560 g/mol. The fourth-order valence-corrected chi connectivity index (χ4v) is 5.85. The number of amides is 1. The Kier molecular flexibility index (Phi) is 11.1. The van der Waals surface area contributed by atoms with Gasteiger partial charge in [-0.25, -0.2) is 22.6 Å². The van der Waals surface area contributed by atoms with Gasteiger partial charge in [0.15, 0.2) is 16.9 Å². The van der Waals surface area contributed by atoms with E-state index in [1.807, 2.05) is 37.0 Å². The summed E-state index contributed by atoms with van der Waals surface area (Å²) in [7, 11) is 1.70. The summed E-state index contributed by atoms with van der Waals surface area (Å²) in [6.45, 7) is 10.5. The van der Waals surface area contributed by atoms with Crippen LogP contribution in [-0.2, 0) is 22.1 Å². The lowest BCUT2D eigenvalue weighted by Gasteiger charge is -2.35. The fourth-order valence-electron chi connectivity index (χ4n) is 4.81. The molecule has 3 heterocycles. The number of aromatic nitrogens is 1. The molecule has 1 saturated heterocycles. The molecule has 2 N–H and O–H groups in total. The predicted molar refractivity (Wildman–Crippen MR) is 153 cm³/mol. The highest BCUT2D eigenvalue weighted by atomic mass is 32.2. The van der Waals surface area contributed by atoms with Gasteiger partial charge in [-0.3, -0.25) is 4.79 Å². The summed E-state index contributed by atoms with van der Waals surface area (Å²) in [4.78, 5) is 20.6. The van der Waals surface area contributed by atoms with Gasteiger partial charge in [-0.05, 0) is 57.9 Å². The molecule has 0 aromatic carbocycles. The van der Waals surface area contributed by atoms with E-state index in [0.717, 1.165) is 11.1 Å². The van der Waals surface area contributed by atoms with E-state index >= 15 is 0 Å². The molecular formula is C28H40F4N6O2S. The third kappa shape index (κ3) is 8.62. The van der Waals surface area contributed by atoms with Crippen molar-refractivity contribution in [1.82, 2.24) is 23.8 Å². The molecule has 2 aliphatic rings. The maximum Gasteiger partial charge on any atom is 0.435 e. The second kappa shape index (κ2) is 13.9. The fraction of sp³-hybridized carbons (Fsp3) is 0.571. The van der Waals surface area contributed by atoms with Crippen molar-refractivity contribution in [2.45, 2.75) is 59.4 Å². The van der Waals surface area contributed by atoms with Crippen LogP contribution in [0.4, 0.5) is 23.2 Å². The predicted octanol–water partition coefficient (Wildman–Crippen LogP) is 4.57. The number of nitrogens with zero attached hydrogens (tertiary/aromatic N) is 4. The minimum absolute atomic E-state index is 0.101. The zero-order valence-electron chi connectivity index (χ0n) is 24.4. The van der Waals surface area contributed by atoms with E-state index in [9.17, 15) is 26.6 Å². The molecule has 1 fully saturated rings. The highest BCUT2D eigenvalue weighted by Gasteiger charge is 2.36.